The minimum atomic E-state index is 0. The number of hydrogen-bond donors (Lipinski definition) is 2. The van der Waals surface area contributed by atoms with Gasteiger partial charge in [0, 0.05) is 37.2 Å². The molecule has 1 aliphatic rings. The molecular weight excluding hydrogens is 481 g/mol. The van der Waals surface area contributed by atoms with Gasteiger partial charge in [-0.2, -0.15) is 0 Å². The largest absolute Gasteiger partial charge is 0.371 e. The lowest BCUT2D eigenvalue weighted by Gasteiger charge is -2.19. The maximum absolute atomic E-state index is 4.72. The molecule has 0 bridgehead atoms. The Balaban J connectivity index is 0.00000280. The molecule has 0 aliphatic carbocycles. The Kier molecular flexibility index (Phi) is 9.50. The van der Waals surface area contributed by atoms with Crippen molar-refractivity contribution in [2.24, 2.45) is 10.9 Å². The van der Waals surface area contributed by atoms with Crippen LogP contribution >= 0.6 is 35.3 Å². The lowest BCUT2D eigenvalue weighted by atomic mass is 10.1. The fourth-order valence-corrected chi connectivity index (χ4v) is 4.14. The molecular formula is C21H32IN5S. The summed E-state index contributed by atoms with van der Waals surface area (Å²) < 4.78 is 0. The quantitative estimate of drug-likeness (QED) is 0.326. The summed E-state index contributed by atoms with van der Waals surface area (Å²) in [6.45, 7) is 11.1. The van der Waals surface area contributed by atoms with Gasteiger partial charge in [0.1, 0.15) is 5.01 Å². The van der Waals surface area contributed by atoms with Crippen LogP contribution in [0, 0.1) is 5.92 Å². The molecule has 28 heavy (non-hydrogen) atoms. The number of anilines is 1. The van der Waals surface area contributed by atoms with Gasteiger partial charge in [-0.3, -0.25) is 0 Å². The molecule has 1 atom stereocenters. The molecule has 1 aromatic carbocycles. The molecule has 0 saturated carbocycles. The van der Waals surface area contributed by atoms with Crippen molar-refractivity contribution < 1.29 is 0 Å². The maximum atomic E-state index is 4.72. The average Bonchev–Trinajstić information content (AvgIpc) is 3.34. The summed E-state index contributed by atoms with van der Waals surface area (Å²) in [7, 11) is 0. The molecule has 5 nitrogen and oxygen atoms in total. The molecule has 0 spiro atoms. The van der Waals surface area contributed by atoms with E-state index < -0.39 is 0 Å². The van der Waals surface area contributed by atoms with Crippen LogP contribution in [0.4, 0.5) is 5.69 Å². The zero-order chi connectivity index (χ0) is 19.1. The van der Waals surface area contributed by atoms with Gasteiger partial charge in [-0.15, -0.1) is 35.3 Å². The van der Waals surface area contributed by atoms with E-state index in [-0.39, 0.29) is 24.0 Å². The second-order valence-corrected chi connectivity index (χ2v) is 8.28. The van der Waals surface area contributed by atoms with E-state index in [4.69, 9.17) is 4.99 Å². The predicted molar refractivity (Wildman–Crippen MR) is 131 cm³/mol. The molecule has 0 radical (unpaired) electrons. The van der Waals surface area contributed by atoms with E-state index in [9.17, 15) is 0 Å². The lowest BCUT2D eigenvalue weighted by Crippen LogP contribution is -2.40. The minimum Gasteiger partial charge on any atom is -0.371 e. The van der Waals surface area contributed by atoms with Crippen LogP contribution < -0.4 is 15.5 Å². The fourth-order valence-electron chi connectivity index (χ4n) is 3.26. The smallest absolute Gasteiger partial charge is 0.191 e. The van der Waals surface area contributed by atoms with E-state index >= 15 is 0 Å². The maximum Gasteiger partial charge on any atom is 0.191 e. The monoisotopic (exact) mass is 513 g/mol. The number of nitrogens with zero attached hydrogens (tertiary/aromatic N) is 3. The SMILES string of the molecule is CCNC(=NCc1nc(C(C)C)cs1)NCC1CCN(c2ccccc2)C1.I. The van der Waals surface area contributed by atoms with Crippen molar-refractivity contribution in [3.63, 3.8) is 0 Å². The number of thiazole rings is 1. The summed E-state index contributed by atoms with van der Waals surface area (Å²) in [4.78, 5) is 11.9. The summed E-state index contributed by atoms with van der Waals surface area (Å²) in [5, 5.41) is 10.1. The van der Waals surface area contributed by atoms with Gasteiger partial charge < -0.3 is 15.5 Å². The van der Waals surface area contributed by atoms with Crippen LogP contribution in [-0.4, -0.2) is 37.1 Å². The highest BCUT2D eigenvalue weighted by atomic mass is 127. The van der Waals surface area contributed by atoms with Gasteiger partial charge in [0.15, 0.2) is 5.96 Å². The zero-order valence-electron chi connectivity index (χ0n) is 17.0. The first-order valence-corrected chi connectivity index (χ1v) is 10.8. The Hall–Kier alpha value is -1.35. The zero-order valence-corrected chi connectivity index (χ0v) is 20.2. The van der Waals surface area contributed by atoms with Crippen molar-refractivity contribution in [1.82, 2.24) is 15.6 Å². The molecule has 1 aliphatic heterocycles. The first-order valence-electron chi connectivity index (χ1n) is 9.92. The number of rotatable bonds is 7. The molecule has 3 rings (SSSR count). The third-order valence-electron chi connectivity index (χ3n) is 4.84. The summed E-state index contributed by atoms with van der Waals surface area (Å²) in [6, 6.07) is 10.7. The summed E-state index contributed by atoms with van der Waals surface area (Å²) in [5.74, 6) is 2.00. The van der Waals surface area contributed by atoms with Gasteiger partial charge in [0.05, 0.1) is 12.2 Å². The van der Waals surface area contributed by atoms with Crippen molar-refractivity contribution in [1.29, 1.82) is 0 Å². The summed E-state index contributed by atoms with van der Waals surface area (Å²) in [6.07, 6.45) is 1.21. The van der Waals surface area contributed by atoms with E-state index in [2.05, 4.69) is 77.0 Å². The molecule has 2 N–H and O–H groups in total. The van der Waals surface area contributed by atoms with Gasteiger partial charge in [-0.1, -0.05) is 32.0 Å². The molecule has 1 aromatic heterocycles. The molecule has 1 unspecified atom stereocenters. The van der Waals surface area contributed by atoms with E-state index in [1.54, 1.807) is 11.3 Å². The van der Waals surface area contributed by atoms with Crippen LogP contribution in [0.5, 0.6) is 0 Å². The third kappa shape index (κ3) is 6.62. The molecule has 7 heteroatoms. The van der Waals surface area contributed by atoms with Crippen LogP contribution in [0.15, 0.2) is 40.7 Å². The van der Waals surface area contributed by atoms with Crippen LogP contribution in [0.1, 0.15) is 43.8 Å². The highest BCUT2D eigenvalue weighted by molar-refractivity contribution is 14.0. The van der Waals surface area contributed by atoms with Gasteiger partial charge in [0.25, 0.3) is 0 Å². The van der Waals surface area contributed by atoms with Crippen molar-refractivity contribution in [2.75, 3.05) is 31.1 Å². The Labute approximate surface area is 190 Å². The Morgan fingerprint density at radius 1 is 1.29 bits per heavy atom. The molecule has 0 amide bonds. The number of para-hydroxylation sites is 1. The van der Waals surface area contributed by atoms with Crippen molar-refractivity contribution in [3.05, 3.63) is 46.4 Å². The average molecular weight is 513 g/mol. The van der Waals surface area contributed by atoms with E-state index in [1.165, 1.54) is 12.1 Å². The normalized spacial score (nSPS) is 16.9. The van der Waals surface area contributed by atoms with E-state index in [0.717, 1.165) is 42.8 Å². The van der Waals surface area contributed by atoms with Crippen molar-refractivity contribution in [3.8, 4) is 0 Å². The first-order chi connectivity index (χ1) is 13.2. The first kappa shape index (κ1) is 22.9. The van der Waals surface area contributed by atoms with Crippen LogP contribution in [-0.2, 0) is 6.54 Å². The second-order valence-electron chi connectivity index (χ2n) is 7.33. The van der Waals surface area contributed by atoms with Gasteiger partial charge in [-0.05, 0) is 37.3 Å². The van der Waals surface area contributed by atoms with Gasteiger partial charge in [0.2, 0.25) is 0 Å². The molecule has 1 saturated heterocycles. The number of benzene rings is 1. The number of aromatic nitrogens is 1. The number of aliphatic imine (C=N–C) groups is 1. The molecule has 2 aromatic rings. The predicted octanol–water partition coefficient (Wildman–Crippen LogP) is 4.47. The van der Waals surface area contributed by atoms with E-state index in [1.807, 2.05) is 0 Å². The third-order valence-corrected chi connectivity index (χ3v) is 5.69. The number of nitrogens with one attached hydrogen (secondary N) is 2. The van der Waals surface area contributed by atoms with Gasteiger partial charge in [-0.25, -0.2) is 9.98 Å². The molecule has 2 heterocycles. The molecule has 154 valence electrons. The summed E-state index contributed by atoms with van der Waals surface area (Å²) >= 11 is 1.70. The van der Waals surface area contributed by atoms with E-state index in [0.29, 0.717) is 18.4 Å². The van der Waals surface area contributed by atoms with Crippen LogP contribution in [0.25, 0.3) is 0 Å². The fraction of sp³-hybridized carbons (Fsp3) is 0.524. The topological polar surface area (TPSA) is 52.6 Å². The van der Waals surface area contributed by atoms with Gasteiger partial charge >= 0.3 is 0 Å². The Bertz CT molecular complexity index is 731. The number of hydrogen-bond acceptors (Lipinski definition) is 4. The highest BCUT2D eigenvalue weighted by Gasteiger charge is 2.22. The summed E-state index contributed by atoms with van der Waals surface area (Å²) in [5.41, 5.74) is 2.49. The van der Waals surface area contributed by atoms with Crippen LogP contribution in [0.3, 0.4) is 0 Å². The Morgan fingerprint density at radius 2 is 2.07 bits per heavy atom. The van der Waals surface area contributed by atoms with Crippen LogP contribution in [0.2, 0.25) is 0 Å². The minimum absolute atomic E-state index is 0. The standard InChI is InChI=1S/C21H31N5S.HI/c1-4-22-21(24-13-20-25-19(15-27-20)16(2)3)23-12-17-10-11-26(14-17)18-8-6-5-7-9-18;/h5-9,15-17H,4,10-14H2,1-3H3,(H2,22,23,24);1H. The highest BCUT2D eigenvalue weighted by Crippen LogP contribution is 2.23. The Morgan fingerprint density at radius 3 is 2.75 bits per heavy atom. The molecule has 1 fully saturated rings. The second kappa shape index (κ2) is 11.6. The number of halogens is 1. The van der Waals surface area contributed by atoms with Crippen molar-refractivity contribution >= 4 is 47.0 Å². The lowest BCUT2D eigenvalue weighted by molar-refractivity contribution is 0.566. The van der Waals surface area contributed by atoms with Crippen molar-refractivity contribution in [2.45, 2.75) is 39.7 Å². The number of guanidine groups is 1.